The molecule has 0 aliphatic rings. The average Bonchev–Trinajstić information content (AvgIpc) is 3.29. The van der Waals surface area contributed by atoms with Gasteiger partial charge in [0.1, 0.15) is 0 Å². The van der Waals surface area contributed by atoms with Crippen LogP contribution in [0.3, 0.4) is 0 Å². The first kappa shape index (κ1) is 15.1. The van der Waals surface area contributed by atoms with Crippen molar-refractivity contribution in [1.82, 2.24) is 9.61 Å². The molecule has 0 bridgehead atoms. The van der Waals surface area contributed by atoms with Gasteiger partial charge in [-0.1, -0.05) is 78.9 Å². The second-order valence-electron chi connectivity index (χ2n) is 7.65. The standard InChI is InChI=1S/C27H16N2/c1-2-9-19-17(7-1)18-8-3-5-11-21(18)26-23(19)13-14-25-27(26)22-12-6-4-10-20(22)24-15-16-28-29(24)25/h1-16H. The van der Waals surface area contributed by atoms with E-state index < -0.39 is 0 Å². The third-order valence-electron chi connectivity index (χ3n) is 6.23. The Labute approximate surface area is 166 Å². The molecule has 134 valence electrons. The highest BCUT2D eigenvalue weighted by molar-refractivity contribution is 6.35. The molecule has 0 N–H and O–H groups in total. The molecule has 0 spiro atoms. The van der Waals surface area contributed by atoms with Crippen LogP contribution in [0.1, 0.15) is 0 Å². The van der Waals surface area contributed by atoms with Gasteiger partial charge in [0.05, 0.1) is 17.2 Å². The number of hydrogen-bond acceptors (Lipinski definition) is 1. The molecule has 0 fully saturated rings. The number of benzene rings is 5. The number of hydrogen-bond donors (Lipinski definition) is 0. The minimum atomic E-state index is 1.15. The van der Waals surface area contributed by atoms with E-state index >= 15 is 0 Å². The molecule has 0 saturated carbocycles. The Bertz CT molecular complexity index is 1720. The summed E-state index contributed by atoms with van der Waals surface area (Å²) >= 11 is 0. The zero-order valence-electron chi connectivity index (χ0n) is 15.6. The number of pyridine rings is 1. The van der Waals surface area contributed by atoms with Crippen molar-refractivity contribution in [3.8, 4) is 0 Å². The first-order valence-electron chi connectivity index (χ1n) is 9.92. The summed E-state index contributed by atoms with van der Waals surface area (Å²) in [5.74, 6) is 0. The van der Waals surface area contributed by atoms with Crippen molar-refractivity contribution in [2.45, 2.75) is 0 Å². The van der Waals surface area contributed by atoms with Crippen LogP contribution in [0.5, 0.6) is 0 Å². The van der Waals surface area contributed by atoms with E-state index in [0.29, 0.717) is 0 Å². The predicted octanol–water partition coefficient (Wildman–Crippen LogP) is 7.10. The summed E-state index contributed by atoms with van der Waals surface area (Å²) in [6.45, 7) is 0. The quantitative estimate of drug-likeness (QED) is 0.261. The molecule has 2 heterocycles. The molecular formula is C27H16N2. The van der Waals surface area contributed by atoms with Crippen LogP contribution in [0.25, 0.3) is 59.5 Å². The van der Waals surface area contributed by atoms with E-state index in [-0.39, 0.29) is 0 Å². The van der Waals surface area contributed by atoms with Crippen molar-refractivity contribution in [1.29, 1.82) is 0 Å². The average molecular weight is 368 g/mol. The van der Waals surface area contributed by atoms with Crippen LogP contribution in [0, 0.1) is 0 Å². The van der Waals surface area contributed by atoms with Crippen molar-refractivity contribution in [3.05, 3.63) is 97.2 Å². The fourth-order valence-electron chi connectivity index (χ4n) is 5.06. The van der Waals surface area contributed by atoms with Gasteiger partial charge in [-0.05, 0) is 44.5 Å². The van der Waals surface area contributed by atoms with Gasteiger partial charge in [-0.25, -0.2) is 4.52 Å². The molecule has 0 unspecified atom stereocenters. The zero-order chi connectivity index (χ0) is 18.9. The van der Waals surface area contributed by atoms with Gasteiger partial charge in [-0.15, -0.1) is 0 Å². The molecule has 0 atom stereocenters. The van der Waals surface area contributed by atoms with Gasteiger partial charge in [-0.2, -0.15) is 5.10 Å². The summed E-state index contributed by atoms with van der Waals surface area (Å²) in [6.07, 6.45) is 1.89. The third kappa shape index (κ3) is 1.83. The summed E-state index contributed by atoms with van der Waals surface area (Å²) in [5.41, 5.74) is 2.30. The molecule has 2 nitrogen and oxygen atoms in total. The summed E-state index contributed by atoms with van der Waals surface area (Å²) in [6, 6.07) is 32.8. The van der Waals surface area contributed by atoms with Gasteiger partial charge in [-0.3, -0.25) is 0 Å². The maximum Gasteiger partial charge on any atom is 0.0747 e. The smallest absolute Gasteiger partial charge is 0.0747 e. The van der Waals surface area contributed by atoms with Gasteiger partial charge < -0.3 is 0 Å². The Balaban J connectivity index is 1.94. The Hall–Kier alpha value is -3.91. The molecule has 0 aliphatic heterocycles. The van der Waals surface area contributed by atoms with E-state index in [2.05, 4.69) is 101 Å². The highest BCUT2D eigenvalue weighted by atomic mass is 15.2. The molecule has 0 saturated heterocycles. The fraction of sp³-hybridized carbons (Fsp3) is 0. The van der Waals surface area contributed by atoms with E-state index in [4.69, 9.17) is 0 Å². The SMILES string of the molecule is c1ccc2c(c1)c1ccccc1c1c2ccc2c1c1ccccc1c1ccnn12. The van der Waals surface area contributed by atoms with E-state index in [1.807, 2.05) is 6.20 Å². The third-order valence-corrected chi connectivity index (χ3v) is 6.23. The van der Waals surface area contributed by atoms with Crippen molar-refractivity contribution in [2.24, 2.45) is 0 Å². The van der Waals surface area contributed by atoms with E-state index in [9.17, 15) is 0 Å². The lowest BCUT2D eigenvalue weighted by Gasteiger charge is -2.15. The highest BCUT2D eigenvalue weighted by Crippen LogP contribution is 2.41. The topological polar surface area (TPSA) is 17.3 Å². The minimum absolute atomic E-state index is 1.15. The summed E-state index contributed by atoms with van der Waals surface area (Å²) < 4.78 is 2.08. The number of rotatable bonds is 0. The summed E-state index contributed by atoms with van der Waals surface area (Å²) in [4.78, 5) is 0. The lowest BCUT2D eigenvalue weighted by molar-refractivity contribution is 1.01. The molecular weight excluding hydrogens is 352 g/mol. The van der Waals surface area contributed by atoms with Gasteiger partial charge >= 0.3 is 0 Å². The molecule has 0 amide bonds. The number of fused-ring (bicyclic) bond motifs is 13. The van der Waals surface area contributed by atoms with Gasteiger partial charge in [0.15, 0.2) is 0 Å². The maximum absolute atomic E-state index is 4.66. The van der Waals surface area contributed by atoms with Crippen molar-refractivity contribution in [2.75, 3.05) is 0 Å². The molecule has 7 rings (SSSR count). The maximum atomic E-state index is 4.66. The molecule has 7 aromatic rings. The Morgan fingerprint density at radius 1 is 0.414 bits per heavy atom. The zero-order valence-corrected chi connectivity index (χ0v) is 15.6. The van der Waals surface area contributed by atoms with Gasteiger partial charge in [0.25, 0.3) is 0 Å². The minimum Gasteiger partial charge on any atom is -0.232 e. The van der Waals surface area contributed by atoms with E-state index in [1.54, 1.807) is 0 Å². The second kappa shape index (κ2) is 5.33. The molecule has 2 heteroatoms. The molecule has 29 heavy (non-hydrogen) atoms. The predicted molar refractivity (Wildman–Crippen MR) is 123 cm³/mol. The van der Waals surface area contributed by atoms with Crippen LogP contribution in [0.2, 0.25) is 0 Å². The lowest BCUT2D eigenvalue weighted by atomic mass is 9.90. The Kier molecular flexibility index (Phi) is 2.77. The van der Waals surface area contributed by atoms with Gasteiger partial charge in [0.2, 0.25) is 0 Å². The number of aromatic nitrogens is 2. The van der Waals surface area contributed by atoms with Gasteiger partial charge in [0, 0.05) is 16.2 Å². The van der Waals surface area contributed by atoms with Crippen molar-refractivity contribution >= 4 is 59.5 Å². The highest BCUT2D eigenvalue weighted by Gasteiger charge is 2.15. The second-order valence-corrected chi connectivity index (χ2v) is 7.65. The Morgan fingerprint density at radius 2 is 0.931 bits per heavy atom. The fourth-order valence-corrected chi connectivity index (χ4v) is 5.06. The van der Waals surface area contributed by atoms with Crippen LogP contribution in [-0.2, 0) is 0 Å². The van der Waals surface area contributed by atoms with Crippen LogP contribution < -0.4 is 0 Å². The summed E-state index contributed by atoms with van der Waals surface area (Å²) in [5, 5.41) is 16.3. The normalized spacial score (nSPS) is 12.1. The lowest BCUT2D eigenvalue weighted by Crippen LogP contribution is -1.94. The molecule has 0 radical (unpaired) electrons. The first-order valence-corrected chi connectivity index (χ1v) is 9.92. The largest absolute Gasteiger partial charge is 0.232 e. The van der Waals surface area contributed by atoms with E-state index in [0.717, 1.165) is 11.0 Å². The van der Waals surface area contributed by atoms with Crippen LogP contribution >= 0.6 is 0 Å². The number of nitrogens with zero attached hydrogens (tertiary/aromatic N) is 2. The molecule has 0 aliphatic carbocycles. The van der Waals surface area contributed by atoms with Crippen LogP contribution in [0.15, 0.2) is 97.2 Å². The van der Waals surface area contributed by atoms with E-state index in [1.165, 1.54) is 48.5 Å². The monoisotopic (exact) mass is 368 g/mol. The van der Waals surface area contributed by atoms with Crippen molar-refractivity contribution in [3.63, 3.8) is 0 Å². The van der Waals surface area contributed by atoms with Crippen LogP contribution in [0.4, 0.5) is 0 Å². The first-order chi connectivity index (χ1) is 14.4. The van der Waals surface area contributed by atoms with Crippen LogP contribution in [-0.4, -0.2) is 9.61 Å². The molecule has 5 aromatic carbocycles. The van der Waals surface area contributed by atoms with Crippen molar-refractivity contribution < 1.29 is 0 Å². The summed E-state index contributed by atoms with van der Waals surface area (Å²) in [7, 11) is 0. The Morgan fingerprint density at radius 3 is 1.62 bits per heavy atom. The molecule has 2 aromatic heterocycles.